The molecule has 0 aliphatic heterocycles. The van der Waals surface area contributed by atoms with Gasteiger partial charge in [0.2, 0.25) is 0 Å². The molecular formula is C22H13Cl4NO. The highest BCUT2D eigenvalue weighted by molar-refractivity contribution is 6.36. The standard InChI is InChI=1S/C22H13Cl4NO/c23-17-4-3-15(21(25)10-17)13-28-19-6-1-14(2-7-19)9-16(12-27)20-8-5-18(24)11-22(20)26/h1-11H,13H2/b16-9+. The van der Waals surface area contributed by atoms with Crippen molar-refractivity contribution in [1.82, 2.24) is 0 Å². The normalized spacial score (nSPS) is 11.2. The van der Waals surface area contributed by atoms with Crippen molar-refractivity contribution in [2.24, 2.45) is 0 Å². The van der Waals surface area contributed by atoms with Gasteiger partial charge in [0.15, 0.2) is 0 Å². The van der Waals surface area contributed by atoms with Crippen LogP contribution in [0.4, 0.5) is 0 Å². The van der Waals surface area contributed by atoms with Crippen LogP contribution in [-0.2, 0) is 6.61 Å². The van der Waals surface area contributed by atoms with Crippen molar-refractivity contribution < 1.29 is 4.74 Å². The van der Waals surface area contributed by atoms with Crippen LogP contribution in [0, 0.1) is 11.3 Å². The molecule has 0 saturated carbocycles. The zero-order chi connectivity index (χ0) is 20.1. The zero-order valence-electron chi connectivity index (χ0n) is 14.4. The first kappa shape index (κ1) is 20.6. The Kier molecular flexibility index (Phi) is 6.88. The Morgan fingerprint density at radius 1 is 0.857 bits per heavy atom. The number of rotatable bonds is 5. The first-order valence-electron chi connectivity index (χ1n) is 8.20. The Hall–Kier alpha value is -2.15. The van der Waals surface area contributed by atoms with Crippen molar-refractivity contribution in [2.75, 3.05) is 0 Å². The Balaban J connectivity index is 1.74. The fourth-order valence-corrected chi connectivity index (χ4v) is 3.48. The molecule has 3 rings (SSSR count). The second kappa shape index (κ2) is 9.37. The number of ether oxygens (including phenoxy) is 1. The molecule has 0 radical (unpaired) electrons. The predicted octanol–water partition coefficient (Wildman–Crippen LogP) is 7.94. The van der Waals surface area contributed by atoms with Gasteiger partial charge in [-0.2, -0.15) is 5.26 Å². The van der Waals surface area contributed by atoms with Gasteiger partial charge in [-0.15, -0.1) is 0 Å². The highest BCUT2D eigenvalue weighted by Crippen LogP contribution is 2.29. The number of benzene rings is 3. The van der Waals surface area contributed by atoms with E-state index in [9.17, 15) is 5.26 Å². The molecule has 3 aromatic carbocycles. The summed E-state index contributed by atoms with van der Waals surface area (Å²) >= 11 is 24.2. The summed E-state index contributed by atoms with van der Waals surface area (Å²) in [7, 11) is 0. The lowest BCUT2D eigenvalue weighted by Gasteiger charge is -2.09. The lowest BCUT2D eigenvalue weighted by Crippen LogP contribution is -1.96. The largest absolute Gasteiger partial charge is 0.489 e. The highest BCUT2D eigenvalue weighted by Gasteiger charge is 2.07. The molecule has 140 valence electrons. The van der Waals surface area contributed by atoms with Gasteiger partial charge in [0.05, 0.1) is 16.7 Å². The molecule has 0 saturated heterocycles. The van der Waals surface area contributed by atoms with Crippen LogP contribution in [0.2, 0.25) is 20.1 Å². The van der Waals surface area contributed by atoms with Crippen LogP contribution in [-0.4, -0.2) is 0 Å². The Morgan fingerprint density at radius 3 is 2.11 bits per heavy atom. The Morgan fingerprint density at radius 2 is 1.50 bits per heavy atom. The van der Waals surface area contributed by atoms with Crippen molar-refractivity contribution in [1.29, 1.82) is 5.26 Å². The van der Waals surface area contributed by atoms with Gasteiger partial charge in [-0.05, 0) is 48.0 Å². The summed E-state index contributed by atoms with van der Waals surface area (Å²) in [5.41, 5.74) is 2.77. The summed E-state index contributed by atoms with van der Waals surface area (Å²) in [6, 6.07) is 19.9. The second-order valence-electron chi connectivity index (χ2n) is 5.89. The molecule has 0 atom stereocenters. The van der Waals surface area contributed by atoms with Gasteiger partial charge in [0.1, 0.15) is 12.4 Å². The van der Waals surface area contributed by atoms with Crippen molar-refractivity contribution >= 4 is 58.1 Å². The second-order valence-corrected chi connectivity index (χ2v) is 7.57. The molecule has 0 aliphatic rings. The van der Waals surface area contributed by atoms with Crippen molar-refractivity contribution in [2.45, 2.75) is 6.61 Å². The lowest BCUT2D eigenvalue weighted by atomic mass is 10.0. The highest BCUT2D eigenvalue weighted by atomic mass is 35.5. The SMILES string of the molecule is N#C/C(=C\c1ccc(OCc2ccc(Cl)cc2Cl)cc1)c1ccc(Cl)cc1Cl. The molecule has 0 heterocycles. The monoisotopic (exact) mass is 447 g/mol. The van der Waals surface area contributed by atoms with E-state index in [2.05, 4.69) is 6.07 Å². The quantitative estimate of drug-likeness (QED) is 0.293. The Bertz CT molecular complexity index is 1070. The van der Waals surface area contributed by atoms with E-state index < -0.39 is 0 Å². The topological polar surface area (TPSA) is 33.0 Å². The molecular weight excluding hydrogens is 436 g/mol. The van der Waals surface area contributed by atoms with Crippen LogP contribution in [0.1, 0.15) is 16.7 Å². The average molecular weight is 449 g/mol. The number of nitriles is 1. The van der Waals surface area contributed by atoms with Gasteiger partial charge in [0.25, 0.3) is 0 Å². The maximum Gasteiger partial charge on any atom is 0.119 e. The molecule has 0 unspecified atom stereocenters. The van der Waals surface area contributed by atoms with E-state index in [1.807, 2.05) is 30.3 Å². The van der Waals surface area contributed by atoms with Gasteiger partial charge < -0.3 is 4.74 Å². The first-order chi connectivity index (χ1) is 13.5. The summed E-state index contributed by atoms with van der Waals surface area (Å²) in [6.07, 6.45) is 1.76. The van der Waals surface area contributed by atoms with E-state index in [1.54, 1.807) is 36.4 Å². The van der Waals surface area contributed by atoms with E-state index in [-0.39, 0.29) is 0 Å². The molecule has 0 aliphatic carbocycles. The smallest absolute Gasteiger partial charge is 0.119 e. The molecule has 0 bridgehead atoms. The molecule has 0 N–H and O–H groups in total. The minimum atomic E-state index is 0.328. The van der Waals surface area contributed by atoms with Crippen LogP contribution in [0.5, 0.6) is 5.75 Å². The summed E-state index contributed by atoms with van der Waals surface area (Å²) < 4.78 is 5.77. The predicted molar refractivity (Wildman–Crippen MR) is 117 cm³/mol. The molecule has 6 heteroatoms. The Labute approximate surface area is 183 Å². The summed E-state index contributed by atoms with van der Waals surface area (Å²) in [5.74, 6) is 0.686. The van der Waals surface area contributed by atoms with Gasteiger partial charge in [0, 0.05) is 26.2 Å². The average Bonchev–Trinajstić information content (AvgIpc) is 2.67. The third kappa shape index (κ3) is 5.22. The van der Waals surface area contributed by atoms with Gasteiger partial charge in [-0.1, -0.05) is 70.7 Å². The maximum atomic E-state index is 9.49. The molecule has 0 spiro atoms. The number of hydrogen-bond acceptors (Lipinski definition) is 2. The lowest BCUT2D eigenvalue weighted by molar-refractivity contribution is 0.306. The van der Waals surface area contributed by atoms with Crippen molar-refractivity contribution in [3.63, 3.8) is 0 Å². The van der Waals surface area contributed by atoms with Crippen molar-refractivity contribution in [3.05, 3.63) is 97.4 Å². The summed E-state index contributed by atoms with van der Waals surface area (Å²) in [6.45, 7) is 0.328. The first-order valence-corrected chi connectivity index (χ1v) is 9.71. The zero-order valence-corrected chi connectivity index (χ0v) is 17.4. The van der Waals surface area contributed by atoms with E-state index in [0.29, 0.717) is 43.6 Å². The fourth-order valence-electron chi connectivity index (χ4n) is 2.50. The van der Waals surface area contributed by atoms with E-state index in [0.717, 1.165) is 11.1 Å². The van der Waals surface area contributed by atoms with E-state index in [4.69, 9.17) is 51.1 Å². The van der Waals surface area contributed by atoms with Gasteiger partial charge in [-0.25, -0.2) is 0 Å². The third-order valence-corrected chi connectivity index (χ3v) is 5.08. The summed E-state index contributed by atoms with van der Waals surface area (Å²) in [5, 5.41) is 11.6. The fraction of sp³-hybridized carbons (Fsp3) is 0.0455. The minimum absolute atomic E-state index is 0.328. The number of nitrogens with zero attached hydrogens (tertiary/aromatic N) is 1. The van der Waals surface area contributed by atoms with Crippen LogP contribution >= 0.6 is 46.4 Å². The number of hydrogen-bond donors (Lipinski definition) is 0. The van der Waals surface area contributed by atoms with E-state index in [1.165, 1.54) is 0 Å². The van der Waals surface area contributed by atoms with E-state index >= 15 is 0 Å². The molecule has 0 aromatic heterocycles. The van der Waals surface area contributed by atoms with Crippen LogP contribution in [0.25, 0.3) is 11.6 Å². The number of halogens is 4. The van der Waals surface area contributed by atoms with Gasteiger partial charge >= 0.3 is 0 Å². The van der Waals surface area contributed by atoms with Crippen LogP contribution in [0.3, 0.4) is 0 Å². The molecule has 2 nitrogen and oxygen atoms in total. The molecule has 0 amide bonds. The number of allylic oxidation sites excluding steroid dienone is 1. The molecule has 0 fully saturated rings. The van der Waals surface area contributed by atoms with Crippen LogP contribution < -0.4 is 4.74 Å². The third-order valence-electron chi connectivity index (χ3n) is 3.94. The van der Waals surface area contributed by atoms with Crippen molar-refractivity contribution in [3.8, 4) is 11.8 Å². The van der Waals surface area contributed by atoms with Crippen LogP contribution in [0.15, 0.2) is 60.7 Å². The minimum Gasteiger partial charge on any atom is -0.489 e. The van der Waals surface area contributed by atoms with Gasteiger partial charge in [-0.3, -0.25) is 0 Å². The maximum absolute atomic E-state index is 9.49. The molecule has 28 heavy (non-hydrogen) atoms. The summed E-state index contributed by atoms with van der Waals surface area (Å²) in [4.78, 5) is 0. The molecule has 3 aromatic rings.